The van der Waals surface area contributed by atoms with Crippen LogP contribution in [0.4, 0.5) is 0 Å². The Bertz CT molecular complexity index is 701. The van der Waals surface area contributed by atoms with Gasteiger partial charge >= 0.3 is 0 Å². The molecule has 0 radical (unpaired) electrons. The Labute approximate surface area is 133 Å². The number of benzene rings is 1. The molecule has 1 aromatic carbocycles. The predicted octanol–water partition coefficient (Wildman–Crippen LogP) is 3.65. The first-order valence-electron chi connectivity index (χ1n) is 8.03. The van der Waals surface area contributed by atoms with E-state index in [2.05, 4.69) is 48.9 Å². The van der Waals surface area contributed by atoms with Crippen LogP contribution in [0.5, 0.6) is 0 Å². The van der Waals surface area contributed by atoms with Gasteiger partial charge in [-0.3, -0.25) is 4.79 Å². The van der Waals surface area contributed by atoms with Crippen LogP contribution in [0.25, 0.3) is 5.69 Å². The van der Waals surface area contributed by atoms with Gasteiger partial charge in [0.25, 0.3) is 0 Å². The molecule has 1 N–H and O–H groups in total. The maximum Gasteiger partial charge on any atom is 0.186 e. The molecule has 0 atom stereocenters. The van der Waals surface area contributed by atoms with Gasteiger partial charge in [-0.25, -0.2) is 0 Å². The largest absolute Gasteiger partial charge is 0.320 e. The third-order valence-corrected chi connectivity index (χ3v) is 3.97. The first-order valence-corrected chi connectivity index (χ1v) is 8.03. The molecule has 0 saturated carbocycles. The molecule has 22 heavy (non-hydrogen) atoms. The van der Waals surface area contributed by atoms with Crippen LogP contribution in [0.2, 0.25) is 0 Å². The highest BCUT2D eigenvalue weighted by Crippen LogP contribution is 2.17. The fraction of sp³-hybridized carbons (Fsp3) is 0.421. The molecule has 2 rings (SSSR count). The van der Waals surface area contributed by atoms with Crippen molar-refractivity contribution < 1.29 is 0 Å². The molecule has 0 fully saturated rings. The Morgan fingerprint density at radius 3 is 2.64 bits per heavy atom. The van der Waals surface area contributed by atoms with E-state index in [1.54, 1.807) is 6.07 Å². The zero-order chi connectivity index (χ0) is 16.1. The maximum absolute atomic E-state index is 12.2. The maximum atomic E-state index is 12.2. The quantitative estimate of drug-likeness (QED) is 0.826. The average Bonchev–Trinajstić information content (AvgIpc) is 2.48. The Hall–Kier alpha value is -1.87. The molecule has 2 aromatic rings. The zero-order valence-corrected chi connectivity index (χ0v) is 14.1. The molecule has 1 aromatic heterocycles. The van der Waals surface area contributed by atoms with E-state index in [1.165, 1.54) is 11.1 Å². The molecule has 0 spiro atoms. The summed E-state index contributed by atoms with van der Waals surface area (Å²) in [5.41, 5.74) is 5.48. The molecule has 0 amide bonds. The SMILES string of the molecule is CCCCNCc1cn(-c2cc(C)ccc2C)c(C)cc1=O. The number of pyridine rings is 1. The first kappa shape index (κ1) is 16.5. The van der Waals surface area contributed by atoms with Gasteiger partial charge in [0.1, 0.15) is 0 Å². The topological polar surface area (TPSA) is 34.0 Å². The molecule has 3 nitrogen and oxygen atoms in total. The van der Waals surface area contributed by atoms with Crippen molar-refractivity contribution in [2.24, 2.45) is 0 Å². The van der Waals surface area contributed by atoms with Crippen molar-refractivity contribution in [3.63, 3.8) is 0 Å². The fourth-order valence-electron chi connectivity index (χ4n) is 2.57. The molecule has 1 heterocycles. The average molecular weight is 298 g/mol. The zero-order valence-electron chi connectivity index (χ0n) is 14.1. The summed E-state index contributed by atoms with van der Waals surface area (Å²) in [5, 5.41) is 3.35. The lowest BCUT2D eigenvalue weighted by Crippen LogP contribution is -2.22. The minimum Gasteiger partial charge on any atom is -0.320 e. The molecule has 0 aliphatic heterocycles. The van der Waals surface area contributed by atoms with Gasteiger partial charge in [-0.2, -0.15) is 0 Å². The number of hydrogen-bond acceptors (Lipinski definition) is 2. The monoisotopic (exact) mass is 298 g/mol. The summed E-state index contributed by atoms with van der Waals surface area (Å²) in [7, 11) is 0. The lowest BCUT2D eigenvalue weighted by Gasteiger charge is -2.16. The number of aromatic nitrogens is 1. The molecule has 0 bridgehead atoms. The summed E-state index contributed by atoms with van der Waals surface area (Å²) in [6, 6.07) is 8.14. The molecule has 0 aliphatic rings. The van der Waals surface area contributed by atoms with E-state index >= 15 is 0 Å². The standard InChI is InChI=1S/C19H26N2O/c1-5-6-9-20-12-17-13-21(16(4)11-19(17)22)18-10-14(2)7-8-15(18)3/h7-8,10-11,13,20H,5-6,9,12H2,1-4H3. The third-order valence-electron chi connectivity index (χ3n) is 3.97. The van der Waals surface area contributed by atoms with Crippen LogP contribution < -0.4 is 10.7 Å². The smallest absolute Gasteiger partial charge is 0.186 e. The van der Waals surface area contributed by atoms with E-state index in [0.29, 0.717) is 6.54 Å². The van der Waals surface area contributed by atoms with Gasteiger partial charge in [-0.1, -0.05) is 25.5 Å². The third kappa shape index (κ3) is 3.86. The van der Waals surface area contributed by atoms with E-state index in [-0.39, 0.29) is 5.43 Å². The Morgan fingerprint density at radius 1 is 1.14 bits per heavy atom. The highest BCUT2D eigenvalue weighted by molar-refractivity contribution is 5.45. The predicted molar refractivity (Wildman–Crippen MR) is 92.9 cm³/mol. The fourth-order valence-corrected chi connectivity index (χ4v) is 2.57. The lowest BCUT2D eigenvalue weighted by atomic mass is 10.1. The van der Waals surface area contributed by atoms with Crippen molar-refractivity contribution in [1.29, 1.82) is 0 Å². The number of unbranched alkanes of at least 4 members (excludes halogenated alkanes) is 1. The summed E-state index contributed by atoms with van der Waals surface area (Å²) in [6.45, 7) is 9.93. The molecule has 0 aliphatic carbocycles. The summed E-state index contributed by atoms with van der Waals surface area (Å²) in [4.78, 5) is 12.2. The number of nitrogens with zero attached hydrogens (tertiary/aromatic N) is 1. The highest BCUT2D eigenvalue weighted by Gasteiger charge is 2.08. The van der Waals surface area contributed by atoms with Gasteiger partial charge in [0.2, 0.25) is 0 Å². The van der Waals surface area contributed by atoms with Crippen molar-refractivity contribution in [3.05, 3.63) is 63.1 Å². The summed E-state index contributed by atoms with van der Waals surface area (Å²) in [5.74, 6) is 0. The van der Waals surface area contributed by atoms with Crippen molar-refractivity contribution in [3.8, 4) is 5.69 Å². The van der Waals surface area contributed by atoms with E-state index in [0.717, 1.165) is 36.3 Å². The van der Waals surface area contributed by atoms with E-state index < -0.39 is 0 Å². The molecule has 0 unspecified atom stereocenters. The Morgan fingerprint density at radius 2 is 1.91 bits per heavy atom. The van der Waals surface area contributed by atoms with Crippen molar-refractivity contribution >= 4 is 0 Å². The van der Waals surface area contributed by atoms with Gasteiger partial charge in [-0.05, 0) is 50.9 Å². The number of aryl methyl sites for hydroxylation is 3. The van der Waals surface area contributed by atoms with Gasteiger partial charge < -0.3 is 9.88 Å². The lowest BCUT2D eigenvalue weighted by molar-refractivity contribution is 0.637. The van der Waals surface area contributed by atoms with Gasteiger partial charge in [0.15, 0.2) is 5.43 Å². The van der Waals surface area contributed by atoms with E-state index in [4.69, 9.17) is 0 Å². The second-order valence-corrected chi connectivity index (χ2v) is 5.99. The number of nitrogens with one attached hydrogen (secondary N) is 1. The molecular formula is C19H26N2O. The first-order chi connectivity index (χ1) is 10.5. The van der Waals surface area contributed by atoms with Crippen LogP contribution >= 0.6 is 0 Å². The molecule has 118 valence electrons. The summed E-state index contributed by atoms with van der Waals surface area (Å²) >= 11 is 0. The Kier molecular flexibility index (Phi) is 5.56. The van der Waals surface area contributed by atoms with Crippen LogP contribution in [0.1, 0.15) is 42.1 Å². The summed E-state index contributed by atoms with van der Waals surface area (Å²) < 4.78 is 2.13. The van der Waals surface area contributed by atoms with Gasteiger partial charge in [0, 0.05) is 35.8 Å². The van der Waals surface area contributed by atoms with Crippen LogP contribution in [0.15, 0.2) is 35.3 Å². The van der Waals surface area contributed by atoms with Crippen LogP contribution in [-0.4, -0.2) is 11.1 Å². The number of hydrogen-bond donors (Lipinski definition) is 1. The second kappa shape index (κ2) is 7.41. The molecule has 0 saturated heterocycles. The normalized spacial score (nSPS) is 10.9. The van der Waals surface area contributed by atoms with Crippen LogP contribution in [0.3, 0.4) is 0 Å². The van der Waals surface area contributed by atoms with E-state index in [9.17, 15) is 4.79 Å². The number of rotatable bonds is 6. The van der Waals surface area contributed by atoms with Gasteiger partial charge in [0.05, 0.1) is 0 Å². The van der Waals surface area contributed by atoms with Crippen LogP contribution in [-0.2, 0) is 6.54 Å². The molecule has 3 heteroatoms. The van der Waals surface area contributed by atoms with Crippen molar-refractivity contribution in [2.75, 3.05) is 6.54 Å². The minimum absolute atomic E-state index is 0.114. The molecular weight excluding hydrogens is 272 g/mol. The Balaban J connectivity index is 2.35. The summed E-state index contributed by atoms with van der Waals surface area (Å²) in [6.07, 6.45) is 4.28. The highest BCUT2D eigenvalue weighted by atomic mass is 16.1. The van der Waals surface area contributed by atoms with Crippen LogP contribution in [0, 0.1) is 20.8 Å². The second-order valence-electron chi connectivity index (χ2n) is 5.99. The van der Waals surface area contributed by atoms with E-state index in [1.807, 2.05) is 13.1 Å². The van der Waals surface area contributed by atoms with Gasteiger partial charge in [-0.15, -0.1) is 0 Å². The minimum atomic E-state index is 0.114. The van der Waals surface area contributed by atoms with Crippen molar-refractivity contribution in [1.82, 2.24) is 9.88 Å². The van der Waals surface area contributed by atoms with Crippen molar-refractivity contribution in [2.45, 2.75) is 47.1 Å².